The molecule has 0 spiro atoms. The summed E-state index contributed by atoms with van der Waals surface area (Å²) in [5.74, 6) is 0.810. The molecule has 14 nitrogen and oxygen atoms in total. The molecule has 33 heavy (non-hydrogen) atoms. The van der Waals surface area contributed by atoms with Gasteiger partial charge in [-0.25, -0.2) is 0 Å². The van der Waals surface area contributed by atoms with Crippen molar-refractivity contribution in [2.75, 3.05) is 20.2 Å². The zero-order valence-electron chi connectivity index (χ0n) is 17.5. The van der Waals surface area contributed by atoms with E-state index in [-0.39, 0.29) is 33.4 Å². The van der Waals surface area contributed by atoms with Crippen LogP contribution in [0, 0.1) is 30.6 Å². The largest absolute Gasteiger partial charge is 2.00 e. The van der Waals surface area contributed by atoms with E-state index >= 15 is 0 Å². The Bertz CT molecular complexity index is 1080. The third kappa shape index (κ3) is 12.0. The van der Waals surface area contributed by atoms with Crippen molar-refractivity contribution < 1.29 is 36.0 Å². The minimum atomic E-state index is -1.75. The first-order chi connectivity index (χ1) is 14.2. The van der Waals surface area contributed by atoms with Gasteiger partial charge in [0.2, 0.25) is 0 Å². The molecule has 2 aromatic carbocycles. The van der Waals surface area contributed by atoms with Gasteiger partial charge in [-0.3, -0.25) is 4.99 Å². The van der Waals surface area contributed by atoms with Crippen LogP contribution in [0.25, 0.3) is 21.8 Å². The van der Waals surface area contributed by atoms with Crippen LogP contribution in [0.4, 0.5) is 0 Å². The number of halogens is 1. The molecule has 0 saturated carbocycles. The van der Waals surface area contributed by atoms with Gasteiger partial charge < -0.3 is 58.4 Å². The number of aromatic amines is 1. The van der Waals surface area contributed by atoms with E-state index in [0.717, 1.165) is 39.3 Å². The fourth-order valence-corrected chi connectivity index (χ4v) is 2.70. The van der Waals surface area contributed by atoms with Gasteiger partial charge in [0.15, 0.2) is 0 Å². The molecule has 0 fully saturated rings. The van der Waals surface area contributed by atoms with Gasteiger partial charge in [-0.05, 0) is 49.4 Å². The van der Waals surface area contributed by atoms with Crippen molar-refractivity contribution in [2.45, 2.75) is 6.42 Å². The van der Waals surface area contributed by atoms with Crippen molar-refractivity contribution in [3.63, 3.8) is 0 Å². The second-order valence-corrected chi connectivity index (χ2v) is 5.98. The molecular weight excluding hydrogens is 645 g/mol. The van der Waals surface area contributed by atoms with Crippen molar-refractivity contribution in [1.29, 1.82) is 0 Å². The molecule has 0 radical (unpaired) electrons. The Morgan fingerprint density at radius 1 is 1.00 bits per heavy atom. The zero-order chi connectivity index (χ0) is 22.7. The van der Waals surface area contributed by atoms with Gasteiger partial charge in [-0.1, -0.05) is 11.6 Å². The Morgan fingerprint density at radius 3 is 2.09 bits per heavy atom. The molecule has 0 bridgehead atoms. The Hall–Kier alpha value is -3.03. The average molecular weight is 669 g/mol. The van der Waals surface area contributed by atoms with Crippen molar-refractivity contribution in [3.05, 3.63) is 77.4 Å². The summed E-state index contributed by atoms with van der Waals surface area (Å²) in [6.45, 7) is 1.33. The molecule has 1 heterocycles. The SMILES string of the molecule is COc1ccc2[nH]c3cc(Cl)ccc3c(=NCCCN)c2c1.N.N.O=[N+]([O-])[O-].O=[N+]([O-])[O-].[Pt+2]. The number of nitrogens with one attached hydrogen (secondary N) is 1. The van der Waals surface area contributed by atoms with Gasteiger partial charge in [-0.2, -0.15) is 0 Å². The Labute approximate surface area is 207 Å². The summed E-state index contributed by atoms with van der Waals surface area (Å²) in [7, 11) is 1.66. The summed E-state index contributed by atoms with van der Waals surface area (Å²) in [4.78, 5) is 24.7. The van der Waals surface area contributed by atoms with Crippen LogP contribution in [0.1, 0.15) is 6.42 Å². The molecule has 3 aromatic rings. The number of pyridine rings is 1. The Morgan fingerprint density at radius 2 is 1.58 bits per heavy atom. The van der Waals surface area contributed by atoms with Gasteiger partial charge in [0, 0.05) is 33.4 Å². The molecule has 186 valence electrons. The number of benzene rings is 2. The van der Waals surface area contributed by atoms with Crippen molar-refractivity contribution >= 4 is 33.4 Å². The van der Waals surface area contributed by atoms with Gasteiger partial charge in [-0.15, -0.1) is 0 Å². The molecule has 9 N–H and O–H groups in total. The second-order valence-electron chi connectivity index (χ2n) is 5.55. The number of hydrogen-bond donors (Lipinski definition) is 4. The van der Waals surface area contributed by atoms with E-state index in [1.54, 1.807) is 7.11 Å². The fraction of sp³-hybridized carbons (Fsp3) is 0.235. The quantitative estimate of drug-likeness (QED) is 0.136. The van der Waals surface area contributed by atoms with Crippen LogP contribution >= 0.6 is 11.6 Å². The van der Waals surface area contributed by atoms with E-state index in [2.05, 4.69) is 4.98 Å². The fourth-order valence-electron chi connectivity index (χ4n) is 2.52. The first kappa shape index (κ1) is 34.6. The van der Waals surface area contributed by atoms with Crippen molar-refractivity contribution in [3.8, 4) is 5.75 Å². The average Bonchev–Trinajstić information content (AvgIpc) is 2.66. The molecule has 0 aliphatic carbocycles. The number of methoxy groups -OCH3 is 1. The van der Waals surface area contributed by atoms with E-state index in [1.165, 1.54) is 0 Å². The number of fused-ring (bicyclic) bond motifs is 2. The van der Waals surface area contributed by atoms with Crippen LogP contribution in [0.3, 0.4) is 0 Å². The minimum absolute atomic E-state index is 0. The molecule has 0 aliphatic rings. The summed E-state index contributed by atoms with van der Waals surface area (Å²) in [5, 5.41) is 33.2. The third-order valence-corrected chi connectivity index (χ3v) is 3.86. The predicted octanol–water partition coefficient (Wildman–Crippen LogP) is 3.08. The third-order valence-electron chi connectivity index (χ3n) is 3.62. The normalized spacial score (nSPS) is 9.61. The summed E-state index contributed by atoms with van der Waals surface area (Å²) in [5.41, 5.74) is 7.55. The standard InChI is InChI=1S/C17H18ClN3O.2NO3.2H3N.Pt/c1-22-12-4-6-15-14(10-12)17(20-8-2-7-19)13-5-3-11(18)9-16(13)21-15;2*2-1(3)4;;;/h3-6,9-10H,2,7-8,19H2,1H3,(H,20,21);;;2*1H3;/q;2*-1;;;+2. The first-order valence-corrected chi connectivity index (χ1v) is 8.70. The van der Waals surface area contributed by atoms with Gasteiger partial charge >= 0.3 is 21.1 Å². The molecule has 16 heteroatoms. The van der Waals surface area contributed by atoms with Crippen LogP contribution in [0.2, 0.25) is 5.02 Å². The van der Waals surface area contributed by atoms with E-state index in [9.17, 15) is 0 Å². The molecule has 0 aliphatic heterocycles. The van der Waals surface area contributed by atoms with Gasteiger partial charge in [0.25, 0.3) is 0 Å². The smallest absolute Gasteiger partial charge is 0.497 e. The maximum atomic E-state index is 8.25. The maximum Gasteiger partial charge on any atom is 2.00 e. The van der Waals surface area contributed by atoms with Crippen molar-refractivity contribution in [1.82, 2.24) is 17.3 Å². The van der Waals surface area contributed by atoms with E-state index < -0.39 is 10.2 Å². The molecule has 3 rings (SSSR count). The monoisotopic (exact) mass is 668 g/mol. The topological polar surface area (TPSA) is 266 Å². The number of H-pyrrole nitrogens is 1. The molecule has 0 saturated heterocycles. The molecule has 0 atom stereocenters. The van der Waals surface area contributed by atoms with E-state index in [1.807, 2.05) is 36.4 Å². The van der Waals surface area contributed by atoms with Gasteiger partial charge in [0.05, 0.1) is 22.6 Å². The number of nitrogens with two attached hydrogens (primary N) is 1. The van der Waals surface area contributed by atoms with Crippen LogP contribution in [0.5, 0.6) is 5.75 Å². The maximum absolute atomic E-state index is 8.25. The van der Waals surface area contributed by atoms with Crippen LogP contribution in [-0.4, -0.2) is 35.4 Å². The minimum Gasteiger partial charge on any atom is -0.497 e. The summed E-state index contributed by atoms with van der Waals surface area (Å²) in [6.07, 6.45) is 0.860. The zero-order valence-corrected chi connectivity index (χ0v) is 20.5. The number of aromatic nitrogens is 1. The van der Waals surface area contributed by atoms with Crippen LogP contribution in [0.15, 0.2) is 41.4 Å². The molecule has 0 unspecified atom stereocenters. The van der Waals surface area contributed by atoms with Crippen molar-refractivity contribution in [2.24, 2.45) is 10.7 Å². The summed E-state index contributed by atoms with van der Waals surface area (Å²) >= 11 is 6.11. The van der Waals surface area contributed by atoms with Gasteiger partial charge in [0.1, 0.15) is 5.75 Å². The number of ether oxygens (including phenoxy) is 1. The summed E-state index contributed by atoms with van der Waals surface area (Å²) < 4.78 is 5.34. The molecule has 0 amide bonds. The number of nitrogens with zero attached hydrogens (tertiary/aromatic N) is 3. The number of rotatable bonds is 4. The molecular formula is C17H24ClN7O7Pt. The first-order valence-electron chi connectivity index (χ1n) is 8.32. The van der Waals surface area contributed by atoms with E-state index in [0.29, 0.717) is 18.1 Å². The molecule has 1 aromatic heterocycles. The summed E-state index contributed by atoms with van der Waals surface area (Å²) in [6, 6.07) is 11.7. The number of hydrogen-bond acceptors (Lipinski definition) is 11. The Kier molecular flexibility index (Phi) is 18.4. The second kappa shape index (κ2) is 17.5. The van der Waals surface area contributed by atoms with Crippen LogP contribution in [-0.2, 0) is 21.1 Å². The van der Waals surface area contributed by atoms with E-state index in [4.69, 9.17) is 57.7 Å². The Balaban J connectivity index is -0.000000717. The predicted molar refractivity (Wildman–Crippen MR) is 122 cm³/mol. The van der Waals surface area contributed by atoms with Crippen LogP contribution < -0.4 is 28.1 Å².